The normalized spacial score (nSPS) is 12.2. The van der Waals surface area contributed by atoms with E-state index in [0.717, 1.165) is 4.88 Å². The first-order chi connectivity index (χ1) is 6.60. The largest absolute Gasteiger partial charge is 0.193 e. The lowest BCUT2D eigenvalue weighted by atomic mass is 10.2. The minimum atomic E-state index is 0.608. The number of allylic oxidation sites excluding steroid dienone is 1. The molecular weight excluding hydrogens is 214 g/mol. The number of hydrogen-bond acceptors (Lipinski definition) is 2. The summed E-state index contributed by atoms with van der Waals surface area (Å²) >= 11 is 7.77. The molecule has 0 saturated heterocycles. The molecule has 1 nitrogen and oxygen atoms in total. The lowest BCUT2D eigenvalue weighted by Crippen LogP contribution is -1.79. The summed E-state index contributed by atoms with van der Waals surface area (Å²) in [5.41, 5.74) is 1.89. The summed E-state index contributed by atoms with van der Waals surface area (Å²) in [6.07, 6.45) is 0.686. The molecule has 1 aromatic heterocycles. The molecule has 0 saturated carbocycles. The Kier molecular flexibility index (Phi) is 3.74. The van der Waals surface area contributed by atoms with Gasteiger partial charge in [0.05, 0.1) is 11.1 Å². The number of nitriles is 1. The van der Waals surface area contributed by atoms with E-state index < -0.39 is 0 Å². The van der Waals surface area contributed by atoms with Crippen molar-refractivity contribution in [1.82, 2.24) is 0 Å². The Bertz CT molecular complexity index is 390. The molecule has 0 spiro atoms. The van der Waals surface area contributed by atoms with Gasteiger partial charge >= 0.3 is 0 Å². The van der Waals surface area contributed by atoms with E-state index in [4.69, 9.17) is 16.9 Å². The van der Waals surface area contributed by atoms with Crippen LogP contribution in [0.25, 0.3) is 5.03 Å². The van der Waals surface area contributed by atoms with Crippen molar-refractivity contribution in [2.45, 2.75) is 27.2 Å². The molecular formula is C11H12ClNS. The van der Waals surface area contributed by atoms with Crippen LogP contribution in [0, 0.1) is 25.2 Å². The molecule has 1 heterocycles. The zero-order chi connectivity index (χ0) is 10.7. The van der Waals surface area contributed by atoms with Crippen molar-refractivity contribution in [2.24, 2.45) is 0 Å². The van der Waals surface area contributed by atoms with Crippen molar-refractivity contribution in [2.75, 3.05) is 0 Å². The first kappa shape index (κ1) is 11.3. The van der Waals surface area contributed by atoms with Crippen LogP contribution in [0.5, 0.6) is 0 Å². The maximum absolute atomic E-state index is 8.85. The van der Waals surface area contributed by atoms with Gasteiger partial charge in [0.15, 0.2) is 0 Å². The zero-order valence-corrected chi connectivity index (χ0v) is 10.1. The maximum atomic E-state index is 8.85. The third kappa shape index (κ3) is 2.17. The molecule has 14 heavy (non-hydrogen) atoms. The van der Waals surface area contributed by atoms with E-state index in [1.165, 1.54) is 10.4 Å². The number of hydrogen-bond donors (Lipinski definition) is 0. The third-order valence-corrected chi connectivity index (χ3v) is 3.85. The number of rotatable bonds is 2. The fourth-order valence-electron chi connectivity index (χ4n) is 1.11. The second-order valence-electron chi connectivity index (χ2n) is 3.11. The van der Waals surface area contributed by atoms with E-state index in [1.807, 2.05) is 13.0 Å². The number of nitrogens with zero attached hydrogens (tertiary/aromatic N) is 1. The van der Waals surface area contributed by atoms with E-state index in [0.29, 0.717) is 17.0 Å². The highest BCUT2D eigenvalue weighted by molar-refractivity contribution is 7.14. The maximum Gasteiger partial charge on any atom is 0.0963 e. The average molecular weight is 226 g/mol. The SMILES string of the molecule is CC/C(C#N)=C(\Cl)c1cc(C)c(C)s1. The van der Waals surface area contributed by atoms with Crippen LogP contribution in [0.2, 0.25) is 0 Å². The van der Waals surface area contributed by atoms with Crippen molar-refractivity contribution >= 4 is 28.0 Å². The molecule has 0 aliphatic carbocycles. The molecule has 0 amide bonds. The van der Waals surface area contributed by atoms with E-state index in [1.54, 1.807) is 11.3 Å². The van der Waals surface area contributed by atoms with Gasteiger partial charge in [-0.2, -0.15) is 5.26 Å². The fraction of sp³-hybridized carbons (Fsp3) is 0.364. The van der Waals surface area contributed by atoms with E-state index in [9.17, 15) is 0 Å². The second kappa shape index (κ2) is 4.63. The van der Waals surface area contributed by atoms with Crippen LogP contribution in [0.1, 0.15) is 28.7 Å². The first-order valence-electron chi connectivity index (χ1n) is 4.46. The predicted octanol–water partition coefficient (Wildman–Crippen LogP) is 4.25. The van der Waals surface area contributed by atoms with Gasteiger partial charge in [0.25, 0.3) is 0 Å². The highest BCUT2D eigenvalue weighted by Gasteiger charge is 2.09. The van der Waals surface area contributed by atoms with E-state index in [-0.39, 0.29) is 0 Å². The molecule has 0 aromatic carbocycles. The average Bonchev–Trinajstić information content (AvgIpc) is 2.49. The lowest BCUT2D eigenvalue weighted by Gasteiger charge is -1.96. The van der Waals surface area contributed by atoms with Gasteiger partial charge in [-0.3, -0.25) is 0 Å². The second-order valence-corrected chi connectivity index (χ2v) is 4.74. The van der Waals surface area contributed by atoms with Crippen LogP contribution in [0.3, 0.4) is 0 Å². The van der Waals surface area contributed by atoms with Gasteiger partial charge in [0, 0.05) is 15.3 Å². The molecule has 0 fully saturated rings. The van der Waals surface area contributed by atoms with Crippen molar-refractivity contribution in [1.29, 1.82) is 5.26 Å². The molecule has 0 bridgehead atoms. The minimum Gasteiger partial charge on any atom is -0.193 e. The van der Waals surface area contributed by atoms with Gasteiger partial charge < -0.3 is 0 Å². The quantitative estimate of drug-likeness (QED) is 0.691. The summed E-state index contributed by atoms with van der Waals surface area (Å²) in [4.78, 5) is 2.26. The molecule has 0 N–H and O–H groups in total. The zero-order valence-electron chi connectivity index (χ0n) is 8.52. The molecule has 1 aromatic rings. The predicted molar refractivity (Wildman–Crippen MR) is 62.5 cm³/mol. The van der Waals surface area contributed by atoms with Gasteiger partial charge in [0.1, 0.15) is 0 Å². The monoisotopic (exact) mass is 225 g/mol. The van der Waals surface area contributed by atoms with Gasteiger partial charge in [-0.25, -0.2) is 0 Å². The Hall–Kier alpha value is -0.780. The van der Waals surface area contributed by atoms with E-state index in [2.05, 4.69) is 19.9 Å². The van der Waals surface area contributed by atoms with Gasteiger partial charge in [-0.15, -0.1) is 11.3 Å². The Morgan fingerprint density at radius 2 is 2.21 bits per heavy atom. The fourth-order valence-corrected chi connectivity index (χ4v) is 2.46. The molecule has 74 valence electrons. The highest BCUT2D eigenvalue weighted by atomic mass is 35.5. The third-order valence-electron chi connectivity index (χ3n) is 2.14. The minimum absolute atomic E-state index is 0.608. The van der Waals surface area contributed by atoms with Crippen LogP contribution in [-0.4, -0.2) is 0 Å². The molecule has 0 radical (unpaired) electrons. The van der Waals surface area contributed by atoms with Crippen molar-refractivity contribution in [3.63, 3.8) is 0 Å². The van der Waals surface area contributed by atoms with Crippen molar-refractivity contribution < 1.29 is 0 Å². The number of aryl methyl sites for hydroxylation is 2. The summed E-state index contributed by atoms with van der Waals surface area (Å²) in [7, 11) is 0. The molecule has 0 aliphatic rings. The summed E-state index contributed by atoms with van der Waals surface area (Å²) < 4.78 is 0. The Morgan fingerprint density at radius 3 is 2.57 bits per heavy atom. The molecule has 1 rings (SSSR count). The van der Waals surface area contributed by atoms with Gasteiger partial charge in [0.2, 0.25) is 0 Å². The highest BCUT2D eigenvalue weighted by Crippen LogP contribution is 2.32. The Labute approximate surface area is 93.6 Å². The topological polar surface area (TPSA) is 23.8 Å². The van der Waals surface area contributed by atoms with Crippen LogP contribution < -0.4 is 0 Å². The van der Waals surface area contributed by atoms with Crippen molar-refractivity contribution in [3.05, 3.63) is 27.0 Å². The van der Waals surface area contributed by atoms with Crippen LogP contribution >= 0.6 is 22.9 Å². The van der Waals surface area contributed by atoms with Gasteiger partial charge in [-0.1, -0.05) is 18.5 Å². The number of thiophene rings is 1. The Balaban J connectivity index is 3.18. The lowest BCUT2D eigenvalue weighted by molar-refractivity contribution is 1.16. The standard InChI is InChI=1S/C11H12ClNS/c1-4-9(6-13)11(12)10-5-7(2)8(3)14-10/h5H,4H2,1-3H3/b11-9+. The first-order valence-corrected chi connectivity index (χ1v) is 5.65. The van der Waals surface area contributed by atoms with Crippen LogP contribution in [-0.2, 0) is 0 Å². The van der Waals surface area contributed by atoms with Crippen LogP contribution in [0.4, 0.5) is 0 Å². The summed E-state index contributed by atoms with van der Waals surface area (Å²) in [6, 6.07) is 4.17. The van der Waals surface area contributed by atoms with Gasteiger partial charge in [-0.05, 0) is 31.9 Å². The Morgan fingerprint density at radius 1 is 1.57 bits per heavy atom. The smallest absolute Gasteiger partial charge is 0.0963 e. The number of halogens is 1. The van der Waals surface area contributed by atoms with Crippen molar-refractivity contribution in [3.8, 4) is 6.07 Å². The summed E-state index contributed by atoms with van der Waals surface area (Å²) in [6.45, 7) is 6.05. The van der Waals surface area contributed by atoms with Crippen LogP contribution in [0.15, 0.2) is 11.6 Å². The molecule has 0 aliphatic heterocycles. The molecule has 3 heteroatoms. The summed E-state index contributed by atoms with van der Waals surface area (Å²) in [5, 5.41) is 9.45. The summed E-state index contributed by atoms with van der Waals surface area (Å²) in [5.74, 6) is 0. The van der Waals surface area contributed by atoms with E-state index >= 15 is 0 Å². The molecule has 0 atom stereocenters. The molecule has 0 unspecified atom stereocenters.